The molecule has 1 aromatic rings. The number of benzene rings is 1. The summed E-state index contributed by atoms with van der Waals surface area (Å²) in [6.07, 6.45) is 3.79. The van der Waals surface area contributed by atoms with Gasteiger partial charge in [0.2, 0.25) is 0 Å². The van der Waals surface area contributed by atoms with Crippen molar-refractivity contribution in [2.24, 2.45) is 0 Å². The van der Waals surface area contributed by atoms with E-state index in [1.165, 1.54) is 30.4 Å². The van der Waals surface area contributed by atoms with Crippen molar-refractivity contribution in [2.45, 2.75) is 31.9 Å². The molecule has 0 aromatic heterocycles. The van der Waals surface area contributed by atoms with Gasteiger partial charge in [0.1, 0.15) is 0 Å². The summed E-state index contributed by atoms with van der Waals surface area (Å²) in [5.74, 6) is 0. The number of hydrogen-bond acceptors (Lipinski definition) is 3. The lowest BCUT2D eigenvalue weighted by molar-refractivity contribution is -0.0551. The number of hydrogen-bond donors (Lipinski definition) is 1. The first-order valence-electron chi connectivity index (χ1n) is 6.90. The Morgan fingerprint density at radius 1 is 1.28 bits per heavy atom. The van der Waals surface area contributed by atoms with Crippen molar-refractivity contribution < 1.29 is 9.84 Å². The van der Waals surface area contributed by atoms with Gasteiger partial charge in [0.05, 0.1) is 19.3 Å². The fourth-order valence-corrected chi connectivity index (χ4v) is 3.02. The van der Waals surface area contributed by atoms with Crippen LogP contribution in [0.25, 0.3) is 0 Å². The highest BCUT2D eigenvalue weighted by Crippen LogP contribution is 2.23. The highest BCUT2D eigenvalue weighted by Gasteiger charge is 2.20. The second-order valence-electron chi connectivity index (χ2n) is 5.37. The number of aryl methyl sites for hydroxylation is 2. The van der Waals surface area contributed by atoms with Gasteiger partial charge in [-0.1, -0.05) is 18.2 Å². The van der Waals surface area contributed by atoms with Crippen LogP contribution in [0.5, 0.6) is 0 Å². The molecule has 0 amide bonds. The maximum absolute atomic E-state index is 9.15. The Kier molecular flexibility index (Phi) is 3.64. The van der Waals surface area contributed by atoms with Crippen molar-refractivity contribution in [3.05, 3.63) is 34.9 Å². The van der Waals surface area contributed by atoms with Crippen LogP contribution in [0.4, 0.5) is 0 Å². The highest BCUT2D eigenvalue weighted by molar-refractivity contribution is 5.35. The molecule has 1 saturated heterocycles. The molecule has 1 aliphatic heterocycles. The molecule has 0 radical (unpaired) electrons. The van der Waals surface area contributed by atoms with Crippen LogP contribution in [0.1, 0.15) is 23.1 Å². The molecule has 1 unspecified atom stereocenters. The van der Waals surface area contributed by atoms with Crippen molar-refractivity contribution in [3.63, 3.8) is 0 Å². The minimum atomic E-state index is -0.00632. The van der Waals surface area contributed by atoms with E-state index in [0.29, 0.717) is 0 Å². The van der Waals surface area contributed by atoms with Gasteiger partial charge in [0, 0.05) is 19.6 Å². The Morgan fingerprint density at radius 2 is 2.17 bits per heavy atom. The molecule has 18 heavy (non-hydrogen) atoms. The van der Waals surface area contributed by atoms with Gasteiger partial charge in [0.25, 0.3) is 0 Å². The first-order valence-corrected chi connectivity index (χ1v) is 6.90. The first-order chi connectivity index (χ1) is 8.85. The third-order valence-corrected chi connectivity index (χ3v) is 4.00. The van der Waals surface area contributed by atoms with Gasteiger partial charge >= 0.3 is 0 Å². The molecule has 1 atom stereocenters. The van der Waals surface area contributed by atoms with Crippen LogP contribution >= 0.6 is 0 Å². The summed E-state index contributed by atoms with van der Waals surface area (Å²) >= 11 is 0. The highest BCUT2D eigenvalue weighted by atomic mass is 16.5. The fraction of sp³-hybridized carbons (Fsp3) is 0.600. The van der Waals surface area contributed by atoms with E-state index < -0.39 is 0 Å². The molecular formula is C15H21NO2. The van der Waals surface area contributed by atoms with Crippen LogP contribution in [-0.2, 0) is 24.1 Å². The van der Waals surface area contributed by atoms with Crippen molar-refractivity contribution in [1.29, 1.82) is 0 Å². The van der Waals surface area contributed by atoms with Crippen LogP contribution in [0.15, 0.2) is 18.2 Å². The van der Waals surface area contributed by atoms with Crippen LogP contribution in [0.2, 0.25) is 0 Å². The number of fused-ring (bicyclic) bond motifs is 1. The molecule has 3 heteroatoms. The Morgan fingerprint density at radius 3 is 3.06 bits per heavy atom. The Labute approximate surface area is 108 Å². The van der Waals surface area contributed by atoms with Gasteiger partial charge in [-0.15, -0.1) is 0 Å². The Balaban J connectivity index is 1.65. The lowest BCUT2D eigenvalue weighted by Crippen LogP contribution is -2.43. The zero-order valence-corrected chi connectivity index (χ0v) is 10.8. The van der Waals surface area contributed by atoms with Crippen LogP contribution in [0.3, 0.4) is 0 Å². The predicted molar refractivity (Wildman–Crippen MR) is 70.6 cm³/mol. The number of ether oxygens (including phenoxy) is 1. The van der Waals surface area contributed by atoms with E-state index in [1.54, 1.807) is 5.56 Å². The molecule has 1 aromatic carbocycles. The van der Waals surface area contributed by atoms with Gasteiger partial charge in [0.15, 0.2) is 0 Å². The normalized spacial score (nSPS) is 24.2. The van der Waals surface area contributed by atoms with E-state index in [1.807, 2.05) is 0 Å². The standard InChI is InChI=1S/C15H21NO2/c17-11-15-10-16(6-7-18-15)9-12-4-5-13-2-1-3-14(13)8-12/h4-5,8,15,17H,1-3,6-7,9-11H2. The van der Waals surface area contributed by atoms with E-state index in [2.05, 4.69) is 23.1 Å². The van der Waals surface area contributed by atoms with E-state index in [9.17, 15) is 0 Å². The summed E-state index contributed by atoms with van der Waals surface area (Å²) in [7, 11) is 0. The summed E-state index contributed by atoms with van der Waals surface area (Å²) in [6.45, 7) is 3.64. The zero-order chi connectivity index (χ0) is 12.4. The number of aliphatic hydroxyl groups excluding tert-OH is 1. The molecule has 2 aliphatic rings. The summed E-state index contributed by atoms with van der Waals surface area (Å²) in [4.78, 5) is 2.38. The number of nitrogens with zero attached hydrogens (tertiary/aromatic N) is 1. The van der Waals surface area contributed by atoms with E-state index >= 15 is 0 Å². The molecule has 0 saturated carbocycles. The van der Waals surface area contributed by atoms with Crippen LogP contribution in [-0.4, -0.2) is 42.4 Å². The van der Waals surface area contributed by atoms with Gasteiger partial charge in [-0.25, -0.2) is 0 Å². The minimum absolute atomic E-state index is 0.00632. The average molecular weight is 247 g/mol. The molecule has 1 aliphatic carbocycles. The lowest BCUT2D eigenvalue weighted by atomic mass is 10.1. The van der Waals surface area contributed by atoms with Crippen LogP contribution in [0, 0.1) is 0 Å². The third-order valence-electron chi connectivity index (χ3n) is 4.00. The predicted octanol–water partition coefficient (Wildman–Crippen LogP) is 1.37. The number of morpholine rings is 1. The third kappa shape index (κ3) is 2.58. The first kappa shape index (κ1) is 12.2. The number of aliphatic hydroxyl groups is 1. The largest absolute Gasteiger partial charge is 0.394 e. The van der Waals surface area contributed by atoms with E-state index in [-0.39, 0.29) is 12.7 Å². The molecular weight excluding hydrogens is 226 g/mol. The SMILES string of the molecule is OCC1CN(Cc2ccc3c(c2)CCC3)CCO1. The summed E-state index contributed by atoms with van der Waals surface area (Å²) in [5, 5.41) is 9.15. The number of rotatable bonds is 3. The monoisotopic (exact) mass is 247 g/mol. The van der Waals surface area contributed by atoms with Crippen molar-refractivity contribution >= 4 is 0 Å². The Hall–Kier alpha value is -0.900. The summed E-state index contributed by atoms with van der Waals surface area (Å²) in [6, 6.07) is 6.92. The molecule has 0 bridgehead atoms. The molecule has 3 nitrogen and oxygen atoms in total. The van der Waals surface area contributed by atoms with Gasteiger partial charge in [-0.2, -0.15) is 0 Å². The zero-order valence-electron chi connectivity index (χ0n) is 10.8. The molecule has 3 rings (SSSR count). The minimum Gasteiger partial charge on any atom is -0.394 e. The second kappa shape index (κ2) is 5.39. The van der Waals surface area contributed by atoms with Gasteiger partial charge < -0.3 is 9.84 Å². The fourth-order valence-electron chi connectivity index (χ4n) is 3.02. The summed E-state index contributed by atoms with van der Waals surface area (Å²) < 4.78 is 5.48. The van der Waals surface area contributed by atoms with Crippen molar-refractivity contribution in [1.82, 2.24) is 4.90 Å². The van der Waals surface area contributed by atoms with Crippen LogP contribution < -0.4 is 0 Å². The smallest absolute Gasteiger partial charge is 0.0933 e. The molecule has 0 spiro atoms. The van der Waals surface area contributed by atoms with Gasteiger partial charge in [-0.3, -0.25) is 4.90 Å². The molecule has 1 heterocycles. The maximum Gasteiger partial charge on any atom is 0.0933 e. The van der Waals surface area contributed by atoms with Crippen molar-refractivity contribution in [2.75, 3.05) is 26.3 Å². The summed E-state index contributed by atoms with van der Waals surface area (Å²) in [5.41, 5.74) is 4.47. The second-order valence-corrected chi connectivity index (χ2v) is 5.37. The lowest BCUT2D eigenvalue weighted by Gasteiger charge is -2.32. The quantitative estimate of drug-likeness (QED) is 0.875. The molecule has 98 valence electrons. The van der Waals surface area contributed by atoms with E-state index in [0.717, 1.165) is 26.2 Å². The molecule has 1 N–H and O–H groups in total. The molecule has 1 fully saturated rings. The topological polar surface area (TPSA) is 32.7 Å². The van der Waals surface area contributed by atoms with E-state index in [4.69, 9.17) is 9.84 Å². The maximum atomic E-state index is 9.15. The van der Waals surface area contributed by atoms with Gasteiger partial charge in [-0.05, 0) is 36.0 Å². The Bertz CT molecular complexity index is 419. The van der Waals surface area contributed by atoms with Crippen molar-refractivity contribution in [3.8, 4) is 0 Å². The average Bonchev–Trinajstić information content (AvgIpc) is 2.86.